The molecule has 0 aliphatic heterocycles. The Morgan fingerprint density at radius 3 is 2.57 bits per heavy atom. The van der Waals surface area contributed by atoms with Gasteiger partial charge in [0.05, 0.1) is 6.42 Å². The van der Waals surface area contributed by atoms with Crippen LogP contribution in [0.1, 0.15) is 37.7 Å². The summed E-state index contributed by atoms with van der Waals surface area (Å²) in [6.45, 7) is 0.480. The van der Waals surface area contributed by atoms with E-state index in [-0.39, 0.29) is 23.9 Å². The van der Waals surface area contributed by atoms with Crippen molar-refractivity contribution in [2.24, 2.45) is 0 Å². The Morgan fingerprint density at radius 2 is 1.95 bits per heavy atom. The van der Waals surface area contributed by atoms with E-state index in [9.17, 15) is 13.6 Å². The second-order valence-corrected chi connectivity index (χ2v) is 5.86. The monoisotopic (exact) mass is 315 g/mol. The average molecular weight is 316 g/mol. The van der Waals surface area contributed by atoms with Crippen LogP contribution in [-0.4, -0.2) is 29.3 Å². The molecule has 1 aliphatic rings. The molecule has 2 rings (SSSR count). The molecule has 0 spiro atoms. The highest BCUT2D eigenvalue weighted by Crippen LogP contribution is 2.23. The lowest BCUT2D eigenvalue weighted by Crippen LogP contribution is -2.43. The Kier molecular flexibility index (Phi) is 5.97. The first-order valence-electron chi connectivity index (χ1n) is 7.41. The highest BCUT2D eigenvalue weighted by atomic mass is 35.5. The number of carbonyl (C=O) groups is 1. The molecule has 2 nitrogen and oxygen atoms in total. The summed E-state index contributed by atoms with van der Waals surface area (Å²) in [4.78, 5) is 14.2. The molecule has 1 amide bonds. The highest BCUT2D eigenvalue weighted by molar-refractivity contribution is 6.18. The highest BCUT2D eigenvalue weighted by Gasteiger charge is 2.25. The summed E-state index contributed by atoms with van der Waals surface area (Å²) in [6.07, 6.45) is 5.35. The SMILES string of the molecule is O=C(Cc1ccc(F)cc1F)N(CCCl)C1CCCCC1. The Labute approximate surface area is 129 Å². The molecule has 1 fully saturated rings. The van der Waals surface area contributed by atoms with Gasteiger partial charge in [0.15, 0.2) is 0 Å². The first kappa shape index (κ1) is 16.2. The van der Waals surface area contributed by atoms with E-state index in [0.29, 0.717) is 12.4 Å². The van der Waals surface area contributed by atoms with Crippen LogP contribution in [-0.2, 0) is 11.2 Å². The minimum Gasteiger partial charge on any atom is -0.338 e. The standard InChI is InChI=1S/C16H20ClF2NO/c17-8-9-20(14-4-2-1-3-5-14)16(21)10-12-6-7-13(18)11-15(12)19/h6-7,11,14H,1-5,8-10H2. The van der Waals surface area contributed by atoms with Crippen LogP contribution in [0.5, 0.6) is 0 Å². The van der Waals surface area contributed by atoms with Crippen LogP contribution in [0.3, 0.4) is 0 Å². The third kappa shape index (κ3) is 4.40. The van der Waals surface area contributed by atoms with Gasteiger partial charge >= 0.3 is 0 Å². The van der Waals surface area contributed by atoms with Crippen LogP contribution in [0.25, 0.3) is 0 Å². The van der Waals surface area contributed by atoms with Crippen LogP contribution in [0.4, 0.5) is 8.78 Å². The molecule has 1 aliphatic carbocycles. The molecule has 0 N–H and O–H groups in total. The molecule has 0 saturated heterocycles. The fourth-order valence-corrected chi connectivity index (χ4v) is 3.11. The zero-order valence-electron chi connectivity index (χ0n) is 12.0. The summed E-state index contributed by atoms with van der Waals surface area (Å²) in [6, 6.07) is 3.53. The van der Waals surface area contributed by atoms with Gasteiger partial charge in [0, 0.05) is 24.5 Å². The number of halogens is 3. The predicted octanol–water partition coefficient (Wildman–Crippen LogP) is 3.91. The summed E-state index contributed by atoms with van der Waals surface area (Å²) < 4.78 is 26.6. The van der Waals surface area contributed by atoms with E-state index in [0.717, 1.165) is 31.7 Å². The molecule has 5 heteroatoms. The maximum Gasteiger partial charge on any atom is 0.227 e. The first-order valence-corrected chi connectivity index (χ1v) is 7.94. The van der Waals surface area contributed by atoms with Gasteiger partial charge in [-0.25, -0.2) is 8.78 Å². The van der Waals surface area contributed by atoms with Gasteiger partial charge in [-0.05, 0) is 24.5 Å². The number of hydrogen-bond donors (Lipinski definition) is 0. The molecule has 0 bridgehead atoms. The van der Waals surface area contributed by atoms with Gasteiger partial charge in [0.25, 0.3) is 0 Å². The zero-order valence-corrected chi connectivity index (χ0v) is 12.7. The summed E-state index contributed by atoms with van der Waals surface area (Å²) in [5.74, 6) is -1.06. The lowest BCUT2D eigenvalue weighted by atomic mass is 9.93. The van der Waals surface area contributed by atoms with Crippen molar-refractivity contribution in [1.82, 2.24) is 4.90 Å². The van der Waals surface area contributed by atoms with Crippen LogP contribution >= 0.6 is 11.6 Å². The number of benzene rings is 1. The molecule has 0 heterocycles. The van der Waals surface area contributed by atoms with Gasteiger partial charge in [-0.3, -0.25) is 4.79 Å². The minimum absolute atomic E-state index is 0.0422. The molecule has 1 aromatic carbocycles. The zero-order chi connectivity index (χ0) is 15.2. The molecule has 21 heavy (non-hydrogen) atoms. The van der Waals surface area contributed by atoms with Gasteiger partial charge in [0.2, 0.25) is 5.91 Å². The van der Waals surface area contributed by atoms with Crippen molar-refractivity contribution in [3.05, 3.63) is 35.4 Å². The maximum atomic E-state index is 13.7. The average Bonchev–Trinajstić information content (AvgIpc) is 2.48. The van der Waals surface area contributed by atoms with E-state index < -0.39 is 11.6 Å². The van der Waals surface area contributed by atoms with E-state index in [2.05, 4.69) is 0 Å². The summed E-state index contributed by atoms with van der Waals surface area (Å²) in [7, 11) is 0. The van der Waals surface area contributed by atoms with E-state index >= 15 is 0 Å². The number of rotatable bonds is 5. The van der Waals surface area contributed by atoms with E-state index in [4.69, 9.17) is 11.6 Å². The number of carbonyl (C=O) groups excluding carboxylic acids is 1. The van der Waals surface area contributed by atoms with Crippen molar-refractivity contribution in [3.8, 4) is 0 Å². The quantitative estimate of drug-likeness (QED) is 0.754. The molecular formula is C16H20ClF2NO. The largest absolute Gasteiger partial charge is 0.338 e. The second kappa shape index (κ2) is 7.74. The van der Waals surface area contributed by atoms with Crippen LogP contribution in [0.2, 0.25) is 0 Å². The van der Waals surface area contributed by atoms with E-state index in [1.54, 1.807) is 4.90 Å². The fourth-order valence-electron chi connectivity index (χ4n) is 2.92. The van der Waals surface area contributed by atoms with Crippen molar-refractivity contribution in [3.63, 3.8) is 0 Å². The van der Waals surface area contributed by atoms with Crippen molar-refractivity contribution in [1.29, 1.82) is 0 Å². The van der Waals surface area contributed by atoms with E-state index in [1.807, 2.05) is 0 Å². The summed E-state index contributed by atoms with van der Waals surface area (Å²) in [5, 5.41) is 0. The summed E-state index contributed by atoms with van der Waals surface area (Å²) >= 11 is 5.80. The smallest absolute Gasteiger partial charge is 0.227 e. The molecular weight excluding hydrogens is 296 g/mol. The molecule has 0 atom stereocenters. The fraction of sp³-hybridized carbons (Fsp3) is 0.562. The topological polar surface area (TPSA) is 20.3 Å². The third-order valence-electron chi connectivity index (χ3n) is 4.02. The third-order valence-corrected chi connectivity index (χ3v) is 4.19. The molecule has 1 aromatic rings. The maximum absolute atomic E-state index is 13.7. The first-order chi connectivity index (χ1) is 10.1. The van der Waals surface area contributed by atoms with E-state index in [1.165, 1.54) is 18.6 Å². The molecule has 0 radical (unpaired) electrons. The number of hydrogen-bond acceptors (Lipinski definition) is 1. The van der Waals surface area contributed by atoms with Gasteiger partial charge < -0.3 is 4.90 Å². The molecule has 1 saturated carbocycles. The van der Waals surface area contributed by atoms with Crippen LogP contribution in [0, 0.1) is 11.6 Å². The second-order valence-electron chi connectivity index (χ2n) is 5.48. The number of alkyl halides is 1. The summed E-state index contributed by atoms with van der Waals surface area (Å²) in [5.41, 5.74) is 0.233. The Hall–Kier alpha value is -1.16. The van der Waals surface area contributed by atoms with Crippen molar-refractivity contribution >= 4 is 17.5 Å². The molecule has 116 valence electrons. The Balaban J connectivity index is 2.07. The van der Waals surface area contributed by atoms with Gasteiger partial charge in [0.1, 0.15) is 11.6 Å². The van der Waals surface area contributed by atoms with Crippen LogP contribution in [0.15, 0.2) is 18.2 Å². The lowest BCUT2D eigenvalue weighted by molar-refractivity contribution is -0.133. The van der Waals surface area contributed by atoms with Crippen molar-refractivity contribution in [2.45, 2.75) is 44.6 Å². The molecule has 0 aromatic heterocycles. The van der Waals surface area contributed by atoms with Crippen LogP contribution < -0.4 is 0 Å². The Bertz CT molecular complexity index is 489. The van der Waals surface area contributed by atoms with Crippen molar-refractivity contribution in [2.75, 3.05) is 12.4 Å². The predicted molar refractivity (Wildman–Crippen MR) is 79.4 cm³/mol. The van der Waals surface area contributed by atoms with Gasteiger partial charge in [-0.1, -0.05) is 25.3 Å². The lowest BCUT2D eigenvalue weighted by Gasteiger charge is -2.34. The number of nitrogens with zero attached hydrogens (tertiary/aromatic N) is 1. The van der Waals surface area contributed by atoms with Gasteiger partial charge in [-0.15, -0.1) is 11.6 Å². The Morgan fingerprint density at radius 1 is 1.24 bits per heavy atom. The minimum atomic E-state index is -0.669. The van der Waals surface area contributed by atoms with Crippen molar-refractivity contribution < 1.29 is 13.6 Å². The number of amides is 1. The molecule has 0 unspecified atom stereocenters. The normalized spacial score (nSPS) is 16.0. The van der Waals surface area contributed by atoms with Gasteiger partial charge in [-0.2, -0.15) is 0 Å².